The average Bonchev–Trinajstić information content (AvgIpc) is 3.64. The van der Waals surface area contributed by atoms with Crippen LogP contribution in [0.15, 0.2) is 120 Å². The zero-order valence-corrected chi connectivity index (χ0v) is 22.7. The van der Waals surface area contributed by atoms with Gasteiger partial charge in [-0.1, -0.05) is 42.5 Å². The molecule has 0 N–H and O–H groups in total. The zero-order valence-electron chi connectivity index (χ0n) is 18.6. The van der Waals surface area contributed by atoms with Gasteiger partial charge in [-0.15, -0.1) is 58.1 Å². The minimum atomic E-state index is 0. The Morgan fingerprint density at radius 1 is 0.543 bits per heavy atom. The Kier molecular flexibility index (Phi) is 7.17. The first-order valence-corrected chi connectivity index (χ1v) is 12.9. The molecule has 3 heterocycles. The molecule has 35 heavy (non-hydrogen) atoms. The van der Waals surface area contributed by atoms with Crippen molar-refractivity contribution in [2.24, 2.45) is 0 Å². The number of pyridine rings is 1. The van der Waals surface area contributed by atoms with E-state index < -0.39 is 0 Å². The van der Waals surface area contributed by atoms with Crippen LogP contribution in [0, 0.1) is 6.07 Å². The molecule has 0 saturated carbocycles. The number of hydrogen-bond acceptors (Lipinski definition) is 3. The molecule has 0 unspecified atom stereocenters. The van der Waals surface area contributed by atoms with Crippen molar-refractivity contribution in [1.29, 1.82) is 0 Å². The summed E-state index contributed by atoms with van der Waals surface area (Å²) in [5.74, 6) is 0. The summed E-state index contributed by atoms with van der Waals surface area (Å²) in [6.45, 7) is 0. The summed E-state index contributed by atoms with van der Waals surface area (Å²) in [6, 6.07) is 39.9. The monoisotopic (exact) mass is 663 g/mol. The van der Waals surface area contributed by atoms with Crippen LogP contribution in [0.3, 0.4) is 0 Å². The molecule has 171 valence electrons. The van der Waals surface area contributed by atoms with Crippen LogP contribution in [0.5, 0.6) is 0 Å². The smallest absolute Gasteiger partial charge is 0.0343 e. The predicted octanol–water partition coefficient (Wildman–Crippen LogP) is 9.34. The molecule has 0 bridgehead atoms. The molecule has 6 rings (SSSR count). The van der Waals surface area contributed by atoms with Crippen molar-refractivity contribution < 1.29 is 20.1 Å². The van der Waals surface area contributed by atoms with Crippen LogP contribution in [0.4, 0.5) is 0 Å². The van der Waals surface area contributed by atoms with Gasteiger partial charge in [-0.3, -0.25) is 0 Å². The molecule has 3 aromatic heterocycles. The first kappa shape index (κ1) is 23.6. The quantitative estimate of drug-likeness (QED) is 0.168. The summed E-state index contributed by atoms with van der Waals surface area (Å²) in [5.41, 5.74) is 9.23. The van der Waals surface area contributed by atoms with Crippen molar-refractivity contribution in [3.63, 3.8) is 0 Å². The maximum Gasteiger partial charge on any atom is 0.0343 e. The minimum absolute atomic E-state index is 0. The van der Waals surface area contributed by atoms with Crippen molar-refractivity contribution in [3.05, 3.63) is 126 Å². The first-order chi connectivity index (χ1) is 16.8. The van der Waals surface area contributed by atoms with Crippen molar-refractivity contribution in [2.75, 3.05) is 0 Å². The van der Waals surface area contributed by atoms with Crippen LogP contribution in [0.1, 0.15) is 0 Å². The summed E-state index contributed by atoms with van der Waals surface area (Å²) in [7, 11) is 0. The Morgan fingerprint density at radius 2 is 1.17 bits per heavy atom. The second kappa shape index (κ2) is 10.6. The van der Waals surface area contributed by atoms with Gasteiger partial charge in [0.1, 0.15) is 0 Å². The standard InChI is InChI=1S/C31H20NS2.Ir/c1-2-14-32-29(11-1)25-10-4-8-23(18-25)22-7-3-9-24(17-22)26-19-27(30-12-5-15-33-30)21-28(20-26)31-13-6-16-34-31;/h1-9,11-21H;/q-1;. The van der Waals surface area contributed by atoms with Crippen LogP contribution in [-0.4, -0.2) is 4.98 Å². The Bertz CT molecular complexity index is 1490. The SMILES string of the molecule is [Ir].[c-]1ccc(-c2cccc(-c3cc(-c4cccs4)cc(-c4cccs4)c3)c2)cc1-c1ccccn1. The van der Waals surface area contributed by atoms with Crippen LogP contribution < -0.4 is 0 Å². The Labute approximate surface area is 227 Å². The van der Waals surface area contributed by atoms with Crippen molar-refractivity contribution in [1.82, 2.24) is 4.98 Å². The van der Waals surface area contributed by atoms with Crippen LogP contribution in [-0.2, 0) is 20.1 Å². The van der Waals surface area contributed by atoms with Crippen LogP contribution in [0.2, 0.25) is 0 Å². The third kappa shape index (κ3) is 5.12. The summed E-state index contributed by atoms with van der Waals surface area (Å²) >= 11 is 3.56. The van der Waals surface area contributed by atoms with Gasteiger partial charge >= 0.3 is 0 Å². The van der Waals surface area contributed by atoms with Gasteiger partial charge in [0.25, 0.3) is 0 Å². The van der Waals surface area contributed by atoms with Crippen molar-refractivity contribution >= 4 is 22.7 Å². The van der Waals surface area contributed by atoms with E-state index in [9.17, 15) is 0 Å². The molecule has 1 nitrogen and oxygen atoms in total. The number of hydrogen-bond donors (Lipinski definition) is 0. The van der Waals surface area contributed by atoms with Gasteiger partial charge in [0.2, 0.25) is 0 Å². The minimum Gasteiger partial charge on any atom is -0.305 e. The van der Waals surface area contributed by atoms with E-state index in [1.807, 2.05) is 30.5 Å². The zero-order chi connectivity index (χ0) is 22.7. The van der Waals surface area contributed by atoms with Crippen LogP contribution in [0.25, 0.3) is 54.4 Å². The molecule has 0 spiro atoms. The summed E-state index contributed by atoms with van der Waals surface area (Å²) in [4.78, 5) is 7.06. The molecule has 3 aromatic carbocycles. The van der Waals surface area contributed by atoms with Gasteiger partial charge < -0.3 is 4.98 Å². The Hall–Kier alpha value is -3.14. The second-order valence-corrected chi connectivity index (χ2v) is 9.94. The molecular formula is C31H20IrNS2-. The third-order valence-corrected chi connectivity index (χ3v) is 7.65. The largest absolute Gasteiger partial charge is 0.305 e. The molecule has 0 fully saturated rings. The molecule has 0 saturated heterocycles. The Balaban J connectivity index is 0.00000253. The molecule has 0 atom stereocenters. The second-order valence-electron chi connectivity index (χ2n) is 8.04. The molecule has 0 aliphatic carbocycles. The van der Waals surface area contributed by atoms with E-state index in [2.05, 4.69) is 101 Å². The van der Waals surface area contributed by atoms with Gasteiger partial charge in [0.05, 0.1) is 0 Å². The van der Waals surface area contributed by atoms with Gasteiger partial charge in [-0.2, -0.15) is 0 Å². The molecular weight excluding hydrogens is 643 g/mol. The molecule has 1 radical (unpaired) electrons. The number of aromatic nitrogens is 1. The topological polar surface area (TPSA) is 12.9 Å². The van der Waals surface area contributed by atoms with Gasteiger partial charge in [0, 0.05) is 36.1 Å². The van der Waals surface area contributed by atoms with Crippen molar-refractivity contribution in [2.45, 2.75) is 0 Å². The number of benzene rings is 3. The molecule has 4 heteroatoms. The van der Waals surface area contributed by atoms with E-state index in [1.165, 1.54) is 37.6 Å². The molecule has 0 aliphatic rings. The van der Waals surface area contributed by atoms with Crippen molar-refractivity contribution in [3.8, 4) is 54.4 Å². The van der Waals surface area contributed by atoms with Crippen LogP contribution >= 0.6 is 22.7 Å². The number of rotatable bonds is 5. The van der Waals surface area contributed by atoms with Gasteiger partial charge in [0.15, 0.2) is 0 Å². The third-order valence-electron chi connectivity index (χ3n) is 5.82. The molecule has 6 aromatic rings. The van der Waals surface area contributed by atoms with E-state index in [4.69, 9.17) is 0 Å². The predicted molar refractivity (Wildman–Crippen MR) is 146 cm³/mol. The van der Waals surface area contributed by atoms with Gasteiger partial charge in [-0.25, -0.2) is 0 Å². The summed E-state index contributed by atoms with van der Waals surface area (Å²) < 4.78 is 0. The number of nitrogens with zero attached hydrogens (tertiary/aromatic N) is 1. The van der Waals surface area contributed by atoms with E-state index in [0.717, 1.165) is 16.8 Å². The molecule has 0 aliphatic heterocycles. The van der Waals surface area contributed by atoms with Gasteiger partial charge in [-0.05, 0) is 86.7 Å². The first-order valence-electron chi connectivity index (χ1n) is 11.1. The normalized spacial score (nSPS) is 10.6. The molecule has 0 amide bonds. The summed E-state index contributed by atoms with van der Waals surface area (Å²) in [6.07, 6.45) is 1.82. The van der Waals surface area contributed by atoms with E-state index in [-0.39, 0.29) is 20.1 Å². The fraction of sp³-hybridized carbons (Fsp3) is 0. The fourth-order valence-electron chi connectivity index (χ4n) is 4.16. The fourth-order valence-corrected chi connectivity index (χ4v) is 5.59. The van der Waals surface area contributed by atoms with E-state index in [0.29, 0.717) is 0 Å². The maximum absolute atomic E-state index is 4.49. The Morgan fingerprint density at radius 3 is 1.80 bits per heavy atom. The van der Waals surface area contributed by atoms with E-state index in [1.54, 1.807) is 22.7 Å². The average molecular weight is 663 g/mol. The van der Waals surface area contributed by atoms with E-state index >= 15 is 0 Å². The maximum atomic E-state index is 4.49. The number of thiophene rings is 2. The summed E-state index contributed by atoms with van der Waals surface area (Å²) in [5, 5.41) is 4.28.